The zero-order valence-electron chi connectivity index (χ0n) is 11.7. The molecular weight excluding hydrogens is 258 g/mol. The Balaban J connectivity index is 1.88. The molecule has 1 fully saturated rings. The smallest absolute Gasteiger partial charge is 0.148 e. The maximum Gasteiger partial charge on any atom is 0.148 e. The molecule has 19 heavy (non-hydrogen) atoms. The molecule has 0 radical (unpaired) electrons. The number of hydrogen-bond donors (Lipinski definition) is 1. The lowest BCUT2D eigenvalue weighted by Crippen LogP contribution is -2.36. The van der Waals surface area contributed by atoms with Crippen LogP contribution in [0.25, 0.3) is 0 Å². The van der Waals surface area contributed by atoms with E-state index in [1.54, 1.807) is 0 Å². The van der Waals surface area contributed by atoms with Gasteiger partial charge in [0.15, 0.2) is 0 Å². The Hall–Kier alpha value is -0.870. The average molecular weight is 281 g/mol. The second kappa shape index (κ2) is 6.06. The third kappa shape index (κ3) is 5.33. The van der Waals surface area contributed by atoms with Crippen LogP contribution in [0.3, 0.4) is 0 Å². The summed E-state index contributed by atoms with van der Waals surface area (Å²) in [6.07, 6.45) is 4.82. The van der Waals surface area contributed by atoms with Gasteiger partial charge in [0.05, 0.1) is 5.75 Å². The molecule has 1 unspecified atom stereocenters. The van der Waals surface area contributed by atoms with Crippen molar-refractivity contribution in [1.29, 1.82) is 0 Å². The van der Waals surface area contributed by atoms with Crippen LogP contribution in [-0.2, 0) is 16.3 Å². The molecule has 1 aliphatic carbocycles. The first-order valence-corrected chi connectivity index (χ1v) is 8.97. The van der Waals surface area contributed by atoms with Crippen LogP contribution >= 0.6 is 0 Å². The van der Waals surface area contributed by atoms with Gasteiger partial charge in [-0.3, -0.25) is 0 Å². The first-order chi connectivity index (χ1) is 8.94. The topological polar surface area (TPSA) is 46.2 Å². The predicted octanol–water partition coefficient (Wildman–Crippen LogP) is 1.95. The summed E-state index contributed by atoms with van der Waals surface area (Å²) in [6, 6.07) is 9.03. The molecule has 1 aliphatic rings. The highest BCUT2D eigenvalue weighted by molar-refractivity contribution is 7.90. The van der Waals surface area contributed by atoms with Crippen LogP contribution in [0.1, 0.15) is 24.0 Å². The molecule has 0 heterocycles. The molecule has 1 aromatic rings. The molecule has 1 saturated carbocycles. The van der Waals surface area contributed by atoms with Gasteiger partial charge in [0.1, 0.15) is 9.84 Å². The summed E-state index contributed by atoms with van der Waals surface area (Å²) in [7, 11) is -2.87. The number of rotatable bonds is 7. The van der Waals surface area contributed by atoms with Gasteiger partial charge in [-0.1, -0.05) is 29.8 Å². The van der Waals surface area contributed by atoms with Crippen LogP contribution in [0.5, 0.6) is 0 Å². The molecule has 0 saturated heterocycles. The summed E-state index contributed by atoms with van der Waals surface area (Å²) >= 11 is 0. The first-order valence-electron chi connectivity index (χ1n) is 6.91. The van der Waals surface area contributed by atoms with E-state index >= 15 is 0 Å². The fraction of sp³-hybridized carbons (Fsp3) is 0.600. The van der Waals surface area contributed by atoms with E-state index < -0.39 is 9.84 Å². The summed E-state index contributed by atoms with van der Waals surface area (Å²) in [5.74, 6) is 0.949. The Bertz CT molecular complexity index is 503. The van der Waals surface area contributed by atoms with Crippen molar-refractivity contribution in [2.75, 3.05) is 18.6 Å². The second-order valence-corrected chi connectivity index (χ2v) is 7.98. The number of benzene rings is 1. The van der Waals surface area contributed by atoms with E-state index in [-0.39, 0.29) is 5.75 Å². The zero-order valence-corrected chi connectivity index (χ0v) is 12.5. The van der Waals surface area contributed by atoms with Gasteiger partial charge in [-0.2, -0.15) is 0 Å². The lowest BCUT2D eigenvalue weighted by atomic mass is 10.0. The van der Waals surface area contributed by atoms with Gasteiger partial charge < -0.3 is 5.32 Å². The molecule has 0 bridgehead atoms. The fourth-order valence-corrected chi connectivity index (χ4v) is 2.80. The number of nitrogens with one attached hydrogen (secondary N) is 1. The van der Waals surface area contributed by atoms with Crippen molar-refractivity contribution in [3.63, 3.8) is 0 Å². The van der Waals surface area contributed by atoms with E-state index in [9.17, 15) is 8.42 Å². The van der Waals surface area contributed by atoms with Gasteiger partial charge in [-0.15, -0.1) is 0 Å². The number of sulfone groups is 1. The Morgan fingerprint density at radius 1 is 1.26 bits per heavy atom. The standard InChI is InChI=1S/C15H23NO2S/c1-12-3-5-13(6-4-12)11-15(14-7-8-14)16-9-10-19(2,17)18/h3-6,14-16H,7-11H2,1-2H3. The Kier molecular flexibility index (Phi) is 4.63. The minimum atomic E-state index is -2.87. The quantitative estimate of drug-likeness (QED) is 0.831. The normalized spacial score (nSPS) is 17.4. The summed E-state index contributed by atoms with van der Waals surface area (Å²) in [4.78, 5) is 0. The molecule has 1 N–H and O–H groups in total. The zero-order chi connectivity index (χ0) is 13.9. The highest BCUT2D eigenvalue weighted by Crippen LogP contribution is 2.34. The third-order valence-electron chi connectivity index (χ3n) is 3.65. The molecule has 0 amide bonds. The average Bonchev–Trinajstić information content (AvgIpc) is 3.13. The number of hydrogen-bond acceptors (Lipinski definition) is 3. The Morgan fingerprint density at radius 3 is 2.42 bits per heavy atom. The monoisotopic (exact) mass is 281 g/mol. The molecule has 0 aromatic heterocycles. The minimum absolute atomic E-state index is 0.226. The van der Waals surface area contributed by atoms with E-state index in [0.717, 1.165) is 12.3 Å². The molecule has 4 heteroatoms. The van der Waals surface area contributed by atoms with Gasteiger partial charge in [0, 0.05) is 18.8 Å². The van der Waals surface area contributed by atoms with Crippen molar-refractivity contribution in [3.8, 4) is 0 Å². The van der Waals surface area contributed by atoms with Crippen molar-refractivity contribution < 1.29 is 8.42 Å². The SMILES string of the molecule is Cc1ccc(CC(NCCS(C)(=O)=O)C2CC2)cc1. The van der Waals surface area contributed by atoms with Crippen molar-refractivity contribution >= 4 is 9.84 Å². The molecule has 3 nitrogen and oxygen atoms in total. The van der Waals surface area contributed by atoms with Gasteiger partial charge in [0.2, 0.25) is 0 Å². The Labute approximate surface area is 116 Å². The lowest BCUT2D eigenvalue weighted by Gasteiger charge is -2.18. The van der Waals surface area contributed by atoms with Crippen LogP contribution in [-0.4, -0.2) is 33.0 Å². The largest absolute Gasteiger partial charge is 0.312 e. The predicted molar refractivity (Wildman–Crippen MR) is 79.1 cm³/mol. The Morgan fingerprint density at radius 2 is 1.89 bits per heavy atom. The van der Waals surface area contributed by atoms with Crippen LogP contribution in [0, 0.1) is 12.8 Å². The van der Waals surface area contributed by atoms with E-state index in [1.807, 2.05) is 0 Å². The van der Waals surface area contributed by atoms with E-state index in [2.05, 4.69) is 36.5 Å². The van der Waals surface area contributed by atoms with Crippen molar-refractivity contribution in [2.45, 2.75) is 32.2 Å². The van der Waals surface area contributed by atoms with Crippen molar-refractivity contribution in [2.24, 2.45) is 5.92 Å². The van der Waals surface area contributed by atoms with Crippen molar-refractivity contribution in [3.05, 3.63) is 35.4 Å². The summed E-state index contributed by atoms with van der Waals surface area (Å²) in [5, 5.41) is 3.42. The van der Waals surface area contributed by atoms with E-state index in [1.165, 1.54) is 30.2 Å². The fourth-order valence-electron chi connectivity index (χ4n) is 2.31. The maximum atomic E-state index is 11.2. The van der Waals surface area contributed by atoms with Gasteiger partial charge in [-0.05, 0) is 37.7 Å². The molecule has 0 aliphatic heterocycles. The van der Waals surface area contributed by atoms with Crippen LogP contribution in [0.2, 0.25) is 0 Å². The van der Waals surface area contributed by atoms with Crippen LogP contribution in [0.4, 0.5) is 0 Å². The lowest BCUT2D eigenvalue weighted by molar-refractivity contribution is 0.471. The highest BCUT2D eigenvalue weighted by atomic mass is 32.2. The van der Waals surface area contributed by atoms with Gasteiger partial charge >= 0.3 is 0 Å². The van der Waals surface area contributed by atoms with Gasteiger partial charge in [-0.25, -0.2) is 8.42 Å². The maximum absolute atomic E-state index is 11.2. The van der Waals surface area contributed by atoms with Crippen molar-refractivity contribution in [1.82, 2.24) is 5.32 Å². The summed E-state index contributed by atoms with van der Waals surface area (Å²) in [6.45, 7) is 2.65. The first kappa shape index (κ1) is 14.5. The molecule has 1 aromatic carbocycles. The minimum Gasteiger partial charge on any atom is -0.312 e. The van der Waals surface area contributed by atoms with Gasteiger partial charge in [0.25, 0.3) is 0 Å². The third-order valence-corrected chi connectivity index (χ3v) is 4.59. The van der Waals surface area contributed by atoms with Crippen LogP contribution < -0.4 is 5.32 Å². The molecule has 2 rings (SSSR count). The molecule has 0 spiro atoms. The van der Waals surface area contributed by atoms with E-state index in [0.29, 0.717) is 12.6 Å². The molecule has 106 valence electrons. The summed E-state index contributed by atoms with van der Waals surface area (Å²) < 4.78 is 22.3. The van der Waals surface area contributed by atoms with E-state index in [4.69, 9.17) is 0 Å². The summed E-state index contributed by atoms with van der Waals surface area (Å²) in [5.41, 5.74) is 2.60. The number of aryl methyl sites for hydroxylation is 1. The molecule has 1 atom stereocenters. The highest BCUT2D eigenvalue weighted by Gasteiger charge is 2.30. The van der Waals surface area contributed by atoms with Crippen LogP contribution in [0.15, 0.2) is 24.3 Å². The molecular formula is C15H23NO2S. The second-order valence-electron chi connectivity index (χ2n) is 5.72.